The highest BCUT2D eigenvalue weighted by Crippen LogP contribution is 2.28. The molecule has 1 amide bonds. The second kappa shape index (κ2) is 8.11. The lowest BCUT2D eigenvalue weighted by Crippen LogP contribution is -2.32. The molecule has 1 saturated carbocycles. The van der Waals surface area contributed by atoms with Crippen LogP contribution < -0.4 is 5.32 Å². The van der Waals surface area contributed by atoms with E-state index in [0.29, 0.717) is 24.9 Å². The first kappa shape index (κ1) is 15.0. The lowest BCUT2D eigenvalue weighted by Gasteiger charge is -2.26. The highest BCUT2D eigenvalue weighted by atomic mass is 16.5. The average Bonchev–Trinajstić information content (AvgIpc) is 2.37. The molecule has 0 aromatic carbocycles. The van der Waals surface area contributed by atoms with E-state index in [1.165, 1.54) is 0 Å². The summed E-state index contributed by atoms with van der Waals surface area (Å²) in [5.74, 6) is 1.05. The molecule has 1 aliphatic carbocycles. The van der Waals surface area contributed by atoms with Gasteiger partial charge in [-0.25, -0.2) is 4.79 Å². The minimum atomic E-state index is -0.308. The molecule has 0 aromatic rings. The van der Waals surface area contributed by atoms with Crippen molar-refractivity contribution in [3.8, 4) is 0 Å². The molecule has 0 bridgehead atoms. The van der Waals surface area contributed by atoms with Crippen LogP contribution in [-0.4, -0.2) is 25.0 Å². The van der Waals surface area contributed by atoms with Gasteiger partial charge in [-0.1, -0.05) is 13.3 Å². The van der Waals surface area contributed by atoms with E-state index < -0.39 is 0 Å². The zero-order valence-electron chi connectivity index (χ0n) is 11.5. The molecule has 0 spiro atoms. The molecule has 0 heterocycles. The van der Waals surface area contributed by atoms with Crippen LogP contribution in [0.4, 0.5) is 4.79 Å². The molecule has 4 nitrogen and oxygen atoms in total. The van der Waals surface area contributed by atoms with E-state index in [2.05, 4.69) is 12.2 Å². The smallest absolute Gasteiger partial charge is 0.407 e. The molecule has 0 radical (unpaired) electrons. The summed E-state index contributed by atoms with van der Waals surface area (Å²) in [4.78, 5) is 22.6. The molecule has 4 heteroatoms. The zero-order chi connectivity index (χ0) is 13.4. The maximum atomic E-state index is 11.3. The quantitative estimate of drug-likeness (QED) is 0.742. The number of rotatable bonds is 6. The monoisotopic (exact) mass is 255 g/mol. The van der Waals surface area contributed by atoms with Crippen molar-refractivity contribution in [2.24, 2.45) is 11.8 Å². The zero-order valence-corrected chi connectivity index (χ0v) is 11.5. The number of unbranched alkanes of at least 4 members (excludes halogenated alkanes) is 1. The second-order valence-corrected chi connectivity index (χ2v) is 5.20. The van der Waals surface area contributed by atoms with E-state index in [1.54, 1.807) is 6.92 Å². The molecule has 1 N–H and O–H groups in total. The molecule has 104 valence electrons. The summed E-state index contributed by atoms with van der Waals surface area (Å²) in [5, 5.41) is 2.81. The Morgan fingerprint density at radius 2 is 1.89 bits per heavy atom. The second-order valence-electron chi connectivity index (χ2n) is 5.20. The Morgan fingerprint density at radius 3 is 2.44 bits per heavy atom. The Bertz CT molecular complexity index is 270. The van der Waals surface area contributed by atoms with Crippen LogP contribution in [0, 0.1) is 11.8 Å². The third-order valence-corrected chi connectivity index (χ3v) is 3.69. The maximum Gasteiger partial charge on any atom is 0.407 e. The minimum Gasteiger partial charge on any atom is -0.450 e. The van der Waals surface area contributed by atoms with Crippen LogP contribution in [0.1, 0.15) is 52.4 Å². The van der Waals surface area contributed by atoms with Crippen LogP contribution in [0.25, 0.3) is 0 Å². The normalized spacial score (nSPS) is 23.4. The van der Waals surface area contributed by atoms with Crippen LogP contribution in [-0.2, 0) is 9.53 Å². The number of amides is 1. The summed E-state index contributed by atoms with van der Waals surface area (Å²) in [5.41, 5.74) is 0. The van der Waals surface area contributed by atoms with Gasteiger partial charge in [-0.05, 0) is 44.9 Å². The molecule has 0 aliphatic heterocycles. The molecule has 0 unspecified atom stereocenters. The third-order valence-electron chi connectivity index (χ3n) is 3.69. The number of ether oxygens (including phenoxy) is 1. The summed E-state index contributed by atoms with van der Waals surface area (Å²) in [6.45, 7) is 4.91. The third kappa shape index (κ3) is 5.52. The number of alkyl carbamates (subject to hydrolysis) is 1. The maximum absolute atomic E-state index is 11.3. The lowest BCUT2D eigenvalue weighted by molar-refractivity contribution is -0.121. The number of ketones is 1. The van der Waals surface area contributed by atoms with Gasteiger partial charge in [0, 0.05) is 12.5 Å². The molecule has 0 atom stereocenters. The summed E-state index contributed by atoms with van der Waals surface area (Å²) in [6.07, 6.45) is 5.62. The molecule has 1 fully saturated rings. The topological polar surface area (TPSA) is 55.4 Å². The first-order valence-electron chi connectivity index (χ1n) is 7.04. The molecule has 0 saturated heterocycles. The highest BCUT2D eigenvalue weighted by Gasteiger charge is 2.24. The first-order chi connectivity index (χ1) is 8.63. The Morgan fingerprint density at radius 1 is 1.22 bits per heavy atom. The molecular formula is C14H25NO3. The van der Waals surface area contributed by atoms with Crippen molar-refractivity contribution in [3.63, 3.8) is 0 Å². The van der Waals surface area contributed by atoms with Crippen molar-refractivity contribution in [1.82, 2.24) is 5.32 Å². The van der Waals surface area contributed by atoms with E-state index in [0.717, 1.165) is 38.5 Å². The summed E-state index contributed by atoms with van der Waals surface area (Å²) >= 11 is 0. The van der Waals surface area contributed by atoms with Gasteiger partial charge in [-0.3, -0.25) is 4.79 Å². The number of hydrogen-bond donors (Lipinski definition) is 1. The van der Waals surface area contributed by atoms with Gasteiger partial charge in [0.25, 0.3) is 0 Å². The van der Waals surface area contributed by atoms with Crippen LogP contribution >= 0.6 is 0 Å². The summed E-state index contributed by atoms with van der Waals surface area (Å²) < 4.78 is 5.03. The van der Waals surface area contributed by atoms with Crippen LogP contribution in [0.15, 0.2) is 0 Å². The summed E-state index contributed by atoms with van der Waals surface area (Å²) in [6, 6.07) is 0. The van der Waals surface area contributed by atoms with Crippen molar-refractivity contribution < 1.29 is 14.3 Å². The number of Topliss-reactive ketones (excluding diaryl/α,β-unsaturated/α-hetero) is 1. The van der Waals surface area contributed by atoms with Gasteiger partial charge in [-0.15, -0.1) is 0 Å². The molecule has 18 heavy (non-hydrogen) atoms. The van der Waals surface area contributed by atoms with Crippen molar-refractivity contribution in [3.05, 3.63) is 0 Å². The van der Waals surface area contributed by atoms with Gasteiger partial charge in [0.05, 0.1) is 6.61 Å². The van der Waals surface area contributed by atoms with E-state index >= 15 is 0 Å². The van der Waals surface area contributed by atoms with Crippen molar-refractivity contribution >= 4 is 11.9 Å². The number of carbonyl (C=O) groups excluding carboxylic acids is 2. The summed E-state index contributed by atoms with van der Waals surface area (Å²) in [7, 11) is 0. The Balaban J connectivity index is 2.10. The Hall–Kier alpha value is -1.06. The molecule has 1 rings (SSSR count). The van der Waals surface area contributed by atoms with Gasteiger partial charge < -0.3 is 10.1 Å². The van der Waals surface area contributed by atoms with Crippen molar-refractivity contribution in [1.29, 1.82) is 0 Å². The van der Waals surface area contributed by atoms with Gasteiger partial charge in [0.1, 0.15) is 5.78 Å². The van der Waals surface area contributed by atoms with Crippen LogP contribution in [0.2, 0.25) is 0 Å². The number of hydrogen-bond acceptors (Lipinski definition) is 3. The van der Waals surface area contributed by atoms with E-state index in [4.69, 9.17) is 4.74 Å². The Labute approximate surface area is 109 Å². The van der Waals surface area contributed by atoms with E-state index in [9.17, 15) is 9.59 Å². The van der Waals surface area contributed by atoms with E-state index in [-0.39, 0.29) is 12.0 Å². The van der Waals surface area contributed by atoms with Crippen LogP contribution in [0.5, 0.6) is 0 Å². The van der Waals surface area contributed by atoms with Gasteiger partial charge in [-0.2, -0.15) is 0 Å². The molecule has 0 aromatic heterocycles. The minimum absolute atomic E-state index is 0.248. The SMILES string of the molecule is CCCCOC(=O)NCC1CCC(C(C)=O)CC1. The molecule has 1 aliphatic rings. The van der Waals surface area contributed by atoms with Crippen LogP contribution in [0.3, 0.4) is 0 Å². The first-order valence-corrected chi connectivity index (χ1v) is 7.04. The van der Waals surface area contributed by atoms with Crippen molar-refractivity contribution in [2.75, 3.05) is 13.2 Å². The van der Waals surface area contributed by atoms with Gasteiger partial charge in [0.15, 0.2) is 0 Å². The van der Waals surface area contributed by atoms with E-state index in [1.807, 2.05) is 0 Å². The Kier molecular flexibility index (Phi) is 6.76. The predicted molar refractivity (Wildman–Crippen MR) is 70.4 cm³/mol. The number of carbonyl (C=O) groups is 2. The van der Waals surface area contributed by atoms with Gasteiger partial charge >= 0.3 is 6.09 Å². The largest absolute Gasteiger partial charge is 0.450 e. The fourth-order valence-corrected chi connectivity index (χ4v) is 2.36. The van der Waals surface area contributed by atoms with Crippen molar-refractivity contribution in [2.45, 2.75) is 52.4 Å². The lowest BCUT2D eigenvalue weighted by atomic mass is 9.80. The molecular weight excluding hydrogens is 230 g/mol. The fraction of sp³-hybridized carbons (Fsp3) is 0.857. The fourth-order valence-electron chi connectivity index (χ4n) is 2.36. The average molecular weight is 255 g/mol. The highest BCUT2D eigenvalue weighted by molar-refractivity contribution is 5.78. The standard InChI is InChI=1S/C14H25NO3/c1-3-4-9-18-14(17)15-10-12-5-7-13(8-6-12)11(2)16/h12-13H,3-10H2,1-2H3,(H,15,17). The predicted octanol–water partition coefficient (Wildman–Crippen LogP) is 2.91. The number of nitrogens with one attached hydrogen (secondary N) is 1. The van der Waals surface area contributed by atoms with Gasteiger partial charge in [0.2, 0.25) is 0 Å².